The topological polar surface area (TPSA) is 348 Å². The number of carbonyl (C=O) groups excluding carboxylic acids is 4. The number of aliphatic carboxylic acids is 4. The Morgan fingerprint density at radius 2 is 0.600 bits per heavy atom. The average molecular weight is 518 g/mol. The van der Waals surface area contributed by atoms with E-state index in [-0.39, 0.29) is 11.6 Å². The summed E-state index contributed by atoms with van der Waals surface area (Å²) < 4.78 is 3.69. The van der Waals surface area contributed by atoms with Gasteiger partial charge in [-0.15, -0.1) is 0 Å². The summed E-state index contributed by atoms with van der Waals surface area (Å²) in [5.74, 6) is -12.1. The lowest BCUT2D eigenvalue weighted by atomic mass is 10.2. The van der Waals surface area contributed by atoms with Crippen LogP contribution in [0.1, 0.15) is 13.8 Å². The predicted molar refractivity (Wildman–Crippen MR) is 99.0 cm³/mol. The highest BCUT2D eigenvalue weighted by molar-refractivity contribution is 6.35. The van der Waals surface area contributed by atoms with Crippen molar-refractivity contribution in [1.82, 2.24) is 0 Å². The van der Waals surface area contributed by atoms with E-state index in [2.05, 4.69) is 4.74 Å². The minimum Gasteiger partial charge on any atom is -0.479 e. The Morgan fingerprint density at radius 1 is 0.429 bits per heavy atom. The van der Waals surface area contributed by atoms with Crippen molar-refractivity contribution >= 4 is 47.4 Å². The third-order valence-corrected chi connectivity index (χ3v) is 3.09. The molecule has 0 spiro atoms. The SMILES string of the molecule is CC(=O)C(C)=O.O=C(O)C(O)C(O)C(=O)O.O=C(O)C(O)C(O)C(=O)OC(=O)C(O)C(O)C(=O)O. The lowest BCUT2D eigenvalue weighted by Gasteiger charge is -2.15. The molecule has 0 saturated carbocycles. The highest BCUT2D eigenvalue weighted by Crippen LogP contribution is 2.02. The molecule has 200 valence electrons. The number of Topliss-reactive ketones (excluding diaryl/α,β-unsaturated/α-hetero) is 2. The lowest BCUT2D eigenvalue weighted by Crippen LogP contribution is -2.45. The van der Waals surface area contributed by atoms with E-state index in [1.165, 1.54) is 13.8 Å². The standard InChI is InChI=1S/C8H10O11.C4H6O6.C4H6O2/c9-1(5(13)14)3(11)7(17)19-8(18)4(12)2(10)6(15)16;5-1(3(7)8)2(6)4(9)10;1-3(5)4(2)6/h1-4,9-12H,(H,13,14)(H,15,16);1-2,5-6H,(H,7,8)(H,9,10);1-2H3. The summed E-state index contributed by atoms with van der Waals surface area (Å²) in [5, 5.41) is 84.3. The molecule has 19 nitrogen and oxygen atoms in total. The molecular formula is C16H22O19. The number of esters is 2. The van der Waals surface area contributed by atoms with E-state index in [1.807, 2.05) is 0 Å². The zero-order valence-electron chi connectivity index (χ0n) is 17.6. The van der Waals surface area contributed by atoms with Crippen molar-refractivity contribution < 1.29 is 94.2 Å². The molecule has 0 bridgehead atoms. The Kier molecular flexibility index (Phi) is 17.0. The quantitative estimate of drug-likeness (QED) is 0.0729. The minimum atomic E-state index is -2.63. The zero-order chi connectivity index (χ0) is 28.8. The van der Waals surface area contributed by atoms with Gasteiger partial charge in [0.05, 0.1) is 0 Å². The minimum absolute atomic E-state index is 0.380. The van der Waals surface area contributed by atoms with Gasteiger partial charge >= 0.3 is 35.8 Å². The van der Waals surface area contributed by atoms with Crippen molar-refractivity contribution in [3.8, 4) is 0 Å². The number of hydrogen-bond donors (Lipinski definition) is 10. The first kappa shape index (κ1) is 35.7. The maximum atomic E-state index is 10.9. The van der Waals surface area contributed by atoms with Crippen molar-refractivity contribution in [2.45, 2.75) is 50.5 Å². The second-order valence-corrected chi connectivity index (χ2v) is 5.87. The van der Waals surface area contributed by atoms with Crippen LogP contribution >= 0.6 is 0 Å². The number of rotatable bonds is 10. The van der Waals surface area contributed by atoms with Crippen LogP contribution in [0, 0.1) is 0 Å². The van der Waals surface area contributed by atoms with Gasteiger partial charge in [-0.3, -0.25) is 9.59 Å². The third kappa shape index (κ3) is 14.8. The number of aliphatic hydroxyl groups is 6. The van der Waals surface area contributed by atoms with Gasteiger partial charge in [-0.1, -0.05) is 0 Å². The Morgan fingerprint density at radius 3 is 0.743 bits per heavy atom. The Hall–Kier alpha value is -3.88. The third-order valence-electron chi connectivity index (χ3n) is 3.09. The first-order valence-electron chi connectivity index (χ1n) is 8.47. The Balaban J connectivity index is -0.000000530. The molecule has 10 N–H and O–H groups in total. The molecule has 0 aliphatic heterocycles. The van der Waals surface area contributed by atoms with Crippen molar-refractivity contribution in [3.05, 3.63) is 0 Å². The first-order valence-corrected chi connectivity index (χ1v) is 8.47. The van der Waals surface area contributed by atoms with Gasteiger partial charge in [-0.2, -0.15) is 0 Å². The van der Waals surface area contributed by atoms with Gasteiger partial charge in [0, 0.05) is 13.8 Å². The molecule has 6 unspecified atom stereocenters. The summed E-state index contributed by atoms with van der Waals surface area (Å²) in [6.45, 7) is 2.50. The number of ketones is 2. The van der Waals surface area contributed by atoms with Crippen molar-refractivity contribution in [2.24, 2.45) is 0 Å². The molecule has 0 aliphatic carbocycles. The molecule has 0 fully saturated rings. The fourth-order valence-corrected chi connectivity index (χ4v) is 1.02. The van der Waals surface area contributed by atoms with E-state index in [0.29, 0.717) is 0 Å². The summed E-state index contributed by atoms with van der Waals surface area (Å²) in [7, 11) is 0. The number of carboxylic acids is 4. The highest BCUT2D eigenvalue weighted by atomic mass is 16.6. The molecule has 0 saturated heterocycles. The van der Waals surface area contributed by atoms with Crippen LogP contribution in [0.2, 0.25) is 0 Å². The number of aliphatic hydroxyl groups excluding tert-OH is 6. The monoisotopic (exact) mass is 518 g/mol. The first-order chi connectivity index (χ1) is 15.7. The van der Waals surface area contributed by atoms with Gasteiger partial charge in [0.25, 0.3) is 0 Å². The van der Waals surface area contributed by atoms with E-state index < -0.39 is 72.4 Å². The summed E-state index contributed by atoms with van der Waals surface area (Å²) in [5.41, 5.74) is 0. The van der Waals surface area contributed by atoms with E-state index in [0.717, 1.165) is 0 Å². The van der Waals surface area contributed by atoms with Crippen molar-refractivity contribution in [3.63, 3.8) is 0 Å². The second kappa shape index (κ2) is 16.7. The van der Waals surface area contributed by atoms with Crippen LogP contribution in [-0.2, 0) is 43.1 Å². The number of hydrogen-bond acceptors (Lipinski definition) is 15. The van der Waals surface area contributed by atoms with Crippen LogP contribution in [0.4, 0.5) is 0 Å². The van der Waals surface area contributed by atoms with E-state index in [4.69, 9.17) is 51.1 Å². The van der Waals surface area contributed by atoms with Crippen LogP contribution < -0.4 is 0 Å². The summed E-state index contributed by atoms with van der Waals surface area (Å²) >= 11 is 0. The maximum Gasteiger partial charge on any atom is 0.346 e. The van der Waals surface area contributed by atoms with Crippen LogP contribution in [0.25, 0.3) is 0 Å². The Labute approximate surface area is 193 Å². The molecule has 6 atom stereocenters. The van der Waals surface area contributed by atoms with Gasteiger partial charge in [0.2, 0.25) is 0 Å². The smallest absolute Gasteiger partial charge is 0.346 e. The van der Waals surface area contributed by atoms with Gasteiger partial charge in [-0.05, 0) is 0 Å². The summed E-state index contributed by atoms with van der Waals surface area (Å²) in [6, 6.07) is 0. The highest BCUT2D eigenvalue weighted by Gasteiger charge is 2.37. The molecule has 0 heterocycles. The molecule has 0 amide bonds. The fraction of sp³-hybridized carbons (Fsp3) is 0.500. The molecule has 0 radical (unpaired) electrons. The summed E-state index contributed by atoms with van der Waals surface area (Å²) in [6.07, 6.45) is -15.0. The van der Waals surface area contributed by atoms with Crippen molar-refractivity contribution in [1.29, 1.82) is 0 Å². The van der Waals surface area contributed by atoms with Gasteiger partial charge in [0.15, 0.2) is 48.2 Å². The van der Waals surface area contributed by atoms with Gasteiger partial charge in [-0.25, -0.2) is 28.8 Å². The molecule has 0 aliphatic rings. The molecule has 0 aromatic rings. The summed E-state index contributed by atoms with van der Waals surface area (Å²) in [4.78, 5) is 81.4. The number of carbonyl (C=O) groups is 8. The van der Waals surface area contributed by atoms with E-state index >= 15 is 0 Å². The largest absolute Gasteiger partial charge is 0.479 e. The predicted octanol–water partition coefficient (Wildman–Crippen LogP) is -6.29. The van der Waals surface area contributed by atoms with Crippen LogP contribution in [-0.4, -0.2) is 135 Å². The Bertz CT molecular complexity index is 750. The normalized spacial score (nSPS) is 15.0. The molecule has 35 heavy (non-hydrogen) atoms. The lowest BCUT2D eigenvalue weighted by molar-refractivity contribution is -0.184. The number of carboxylic acid groups (broad SMARTS) is 4. The van der Waals surface area contributed by atoms with Crippen LogP contribution in [0.3, 0.4) is 0 Å². The molecular weight excluding hydrogens is 496 g/mol. The fourth-order valence-electron chi connectivity index (χ4n) is 1.02. The van der Waals surface area contributed by atoms with Crippen LogP contribution in [0.15, 0.2) is 0 Å². The van der Waals surface area contributed by atoms with Gasteiger partial charge in [0.1, 0.15) is 0 Å². The maximum absolute atomic E-state index is 10.9. The van der Waals surface area contributed by atoms with E-state index in [1.54, 1.807) is 0 Å². The second-order valence-electron chi connectivity index (χ2n) is 5.87. The number of ether oxygens (including phenoxy) is 1. The molecule has 0 rings (SSSR count). The molecule has 0 aromatic carbocycles. The molecule has 19 heteroatoms. The average Bonchev–Trinajstić information content (AvgIpc) is 2.75. The van der Waals surface area contributed by atoms with E-state index in [9.17, 15) is 38.4 Å². The van der Waals surface area contributed by atoms with Gasteiger partial charge < -0.3 is 55.8 Å². The molecule has 0 aromatic heterocycles. The van der Waals surface area contributed by atoms with Crippen molar-refractivity contribution in [2.75, 3.05) is 0 Å². The zero-order valence-corrected chi connectivity index (χ0v) is 17.6. The van der Waals surface area contributed by atoms with Crippen LogP contribution in [0.5, 0.6) is 0 Å².